The highest BCUT2D eigenvalue weighted by Gasteiger charge is 2.18. The quantitative estimate of drug-likeness (QED) is 0.859. The van der Waals surface area contributed by atoms with Crippen LogP contribution in [0.25, 0.3) is 0 Å². The van der Waals surface area contributed by atoms with E-state index in [0.717, 1.165) is 37.1 Å². The van der Waals surface area contributed by atoms with Crippen LogP contribution in [-0.4, -0.2) is 49.3 Å². The third-order valence-corrected chi connectivity index (χ3v) is 4.30. The first-order valence-electron chi connectivity index (χ1n) is 5.59. The third-order valence-electron chi connectivity index (χ3n) is 2.90. The highest BCUT2D eigenvalue weighted by molar-refractivity contribution is 7.16. The van der Waals surface area contributed by atoms with Crippen LogP contribution >= 0.6 is 22.9 Å². The number of thiophene rings is 1. The van der Waals surface area contributed by atoms with Crippen LogP contribution in [0.4, 0.5) is 0 Å². The molecule has 0 saturated carbocycles. The minimum Gasteiger partial charge on any atom is -0.396 e. The lowest BCUT2D eigenvalue weighted by Gasteiger charge is -2.29. The maximum Gasteiger partial charge on any atom is 0.0931 e. The van der Waals surface area contributed by atoms with Crippen LogP contribution in [0.15, 0.2) is 12.1 Å². The van der Waals surface area contributed by atoms with Gasteiger partial charge in [-0.15, -0.1) is 11.3 Å². The van der Waals surface area contributed by atoms with E-state index in [0.29, 0.717) is 0 Å². The molecule has 1 saturated heterocycles. The normalized spacial score (nSPS) is 19.9. The lowest BCUT2D eigenvalue weighted by Crippen LogP contribution is -2.45. The van der Waals surface area contributed by atoms with Gasteiger partial charge in [-0.3, -0.25) is 0 Å². The minimum absolute atomic E-state index is 0.195. The average Bonchev–Trinajstić information content (AvgIpc) is 2.74. The molecular weight excluding hydrogens is 244 g/mol. The Bertz CT molecular complexity index is 326. The summed E-state index contributed by atoms with van der Waals surface area (Å²) in [7, 11) is 0. The molecule has 1 aliphatic rings. The fraction of sp³-hybridized carbons (Fsp3) is 0.636. The number of rotatable bonds is 4. The highest BCUT2D eigenvalue weighted by Crippen LogP contribution is 2.28. The number of nitrogens with one attached hydrogen (secondary N) is 1. The molecular formula is C11H17ClN2OS. The van der Waals surface area contributed by atoms with Crippen molar-refractivity contribution >= 4 is 22.9 Å². The van der Waals surface area contributed by atoms with Gasteiger partial charge in [0.25, 0.3) is 0 Å². The Kier molecular flexibility index (Phi) is 4.61. The van der Waals surface area contributed by atoms with E-state index in [4.69, 9.17) is 11.6 Å². The summed E-state index contributed by atoms with van der Waals surface area (Å²) in [6.07, 6.45) is 0. The molecule has 1 aromatic rings. The SMILES string of the molecule is OCC(CN1CCNCC1)c1ccc(Cl)s1. The van der Waals surface area contributed by atoms with Crippen LogP contribution in [-0.2, 0) is 0 Å². The van der Waals surface area contributed by atoms with Gasteiger partial charge < -0.3 is 15.3 Å². The second kappa shape index (κ2) is 5.98. The van der Waals surface area contributed by atoms with Gasteiger partial charge in [-0.05, 0) is 12.1 Å². The van der Waals surface area contributed by atoms with Gasteiger partial charge in [-0.1, -0.05) is 11.6 Å². The van der Waals surface area contributed by atoms with Crippen molar-refractivity contribution in [3.05, 3.63) is 21.3 Å². The van der Waals surface area contributed by atoms with Gasteiger partial charge in [0.05, 0.1) is 10.9 Å². The molecule has 2 heterocycles. The van der Waals surface area contributed by atoms with Gasteiger partial charge in [0.15, 0.2) is 0 Å². The van der Waals surface area contributed by atoms with E-state index in [1.165, 1.54) is 4.88 Å². The molecule has 1 aromatic heterocycles. The van der Waals surface area contributed by atoms with Gasteiger partial charge in [-0.25, -0.2) is 0 Å². The lowest BCUT2D eigenvalue weighted by atomic mass is 10.1. The highest BCUT2D eigenvalue weighted by atomic mass is 35.5. The van der Waals surface area contributed by atoms with Crippen LogP contribution < -0.4 is 5.32 Å². The molecule has 0 aliphatic carbocycles. The Morgan fingerprint density at radius 1 is 1.44 bits per heavy atom. The van der Waals surface area contributed by atoms with E-state index in [-0.39, 0.29) is 12.5 Å². The fourth-order valence-electron chi connectivity index (χ4n) is 1.99. The summed E-state index contributed by atoms with van der Waals surface area (Å²) < 4.78 is 0.800. The molecule has 0 amide bonds. The Balaban J connectivity index is 1.94. The molecule has 1 atom stereocenters. The van der Waals surface area contributed by atoms with Gasteiger partial charge >= 0.3 is 0 Å². The zero-order chi connectivity index (χ0) is 11.4. The molecule has 0 spiro atoms. The predicted octanol–water partition coefficient (Wildman–Crippen LogP) is 1.38. The van der Waals surface area contributed by atoms with Gasteiger partial charge in [0, 0.05) is 43.5 Å². The summed E-state index contributed by atoms with van der Waals surface area (Å²) in [5, 5.41) is 12.8. The number of nitrogens with zero attached hydrogens (tertiary/aromatic N) is 1. The number of aliphatic hydroxyl groups is 1. The van der Waals surface area contributed by atoms with Gasteiger partial charge in [0.2, 0.25) is 0 Å². The van der Waals surface area contributed by atoms with E-state index in [1.54, 1.807) is 11.3 Å². The maximum atomic E-state index is 9.44. The number of hydrogen-bond donors (Lipinski definition) is 2. The Morgan fingerprint density at radius 3 is 2.75 bits per heavy atom. The van der Waals surface area contributed by atoms with E-state index in [2.05, 4.69) is 10.2 Å². The number of aliphatic hydroxyl groups excluding tert-OH is 1. The lowest BCUT2D eigenvalue weighted by molar-refractivity contribution is 0.187. The predicted molar refractivity (Wildman–Crippen MR) is 68.5 cm³/mol. The molecule has 2 rings (SSSR count). The molecule has 90 valence electrons. The van der Waals surface area contributed by atoms with Crippen molar-refractivity contribution in [2.24, 2.45) is 0 Å². The van der Waals surface area contributed by atoms with Crippen LogP contribution in [0.5, 0.6) is 0 Å². The number of hydrogen-bond acceptors (Lipinski definition) is 4. The monoisotopic (exact) mass is 260 g/mol. The van der Waals surface area contributed by atoms with Crippen LogP contribution in [0, 0.1) is 0 Å². The average molecular weight is 261 g/mol. The Morgan fingerprint density at radius 2 is 2.19 bits per heavy atom. The minimum atomic E-state index is 0.195. The van der Waals surface area contributed by atoms with Crippen molar-refractivity contribution in [2.45, 2.75) is 5.92 Å². The van der Waals surface area contributed by atoms with Gasteiger partial charge in [0.1, 0.15) is 0 Å². The fourth-order valence-corrected chi connectivity index (χ4v) is 3.13. The second-order valence-electron chi connectivity index (χ2n) is 4.07. The maximum absolute atomic E-state index is 9.44. The molecule has 0 aromatic carbocycles. The van der Waals surface area contributed by atoms with Crippen LogP contribution in [0.3, 0.4) is 0 Å². The zero-order valence-corrected chi connectivity index (χ0v) is 10.7. The summed E-state index contributed by atoms with van der Waals surface area (Å²) in [6, 6.07) is 3.93. The standard InChI is InChI=1S/C11H17ClN2OS/c12-11-2-1-10(16-11)9(8-15)7-14-5-3-13-4-6-14/h1-2,9,13,15H,3-8H2. The zero-order valence-electron chi connectivity index (χ0n) is 9.16. The van der Waals surface area contributed by atoms with Crippen molar-refractivity contribution in [3.8, 4) is 0 Å². The van der Waals surface area contributed by atoms with Crippen molar-refractivity contribution in [2.75, 3.05) is 39.3 Å². The summed E-state index contributed by atoms with van der Waals surface area (Å²) >= 11 is 7.49. The summed E-state index contributed by atoms with van der Waals surface area (Å²) in [6.45, 7) is 5.34. The molecule has 3 nitrogen and oxygen atoms in total. The first-order chi connectivity index (χ1) is 7.79. The van der Waals surface area contributed by atoms with E-state index in [9.17, 15) is 5.11 Å². The second-order valence-corrected chi connectivity index (χ2v) is 5.82. The first-order valence-corrected chi connectivity index (χ1v) is 6.78. The summed E-state index contributed by atoms with van der Waals surface area (Å²) in [5.41, 5.74) is 0. The van der Waals surface area contributed by atoms with Crippen molar-refractivity contribution in [3.63, 3.8) is 0 Å². The number of piperazine rings is 1. The third kappa shape index (κ3) is 3.18. The topological polar surface area (TPSA) is 35.5 Å². The first kappa shape index (κ1) is 12.3. The molecule has 16 heavy (non-hydrogen) atoms. The smallest absolute Gasteiger partial charge is 0.0931 e. The van der Waals surface area contributed by atoms with Crippen LogP contribution in [0.1, 0.15) is 10.8 Å². The van der Waals surface area contributed by atoms with Crippen molar-refractivity contribution in [1.29, 1.82) is 0 Å². The van der Waals surface area contributed by atoms with E-state index >= 15 is 0 Å². The Hall–Kier alpha value is -0.130. The molecule has 1 aliphatic heterocycles. The van der Waals surface area contributed by atoms with E-state index < -0.39 is 0 Å². The van der Waals surface area contributed by atoms with Gasteiger partial charge in [-0.2, -0.15) is 0 Å². The van der Waals surface area contributed by atoms with Crippen molar-refractivity contribution in [1.82, 2.24) is 10.2 Å². The van der Waals surface area contributed by atoms with Crippen molar-refractivity contribution < 1.29 is 5.11 Å². The van der Waals surface area contributed by atoms with E-state index in [1.807, 2.05) is 12.1 Å². The molecule has 0 radical (unpaired) electrons. The molecule has 0 bridgehead atoms. The molecule has 1 fully saturated rings. The largest absolute Gasteiger partial charge is 0.396 e. The summed E-state index contributed by atoms with van der Waals surface area (Å²) in [5.74, 6) is 0.204. The molecule has 2 N–H and O–H groups in total. The summed E-state index contributed by atoms with van der Waals surface area (Å²) in [4.78, 5) is 3.58. The Labute approximate surface area is 105 Å². The number of halogens is 1. The molecule has 1 unspecified atom stereocenters. The molecule has 5 heteroatoms. The van der Waals surface area contributed by atoms with Crippen LogP contribution in [0.2, 0.25) is 4.34 Å².